The number of carbonyl (C=O) groups excluding carboxylic acids is 2. The lowest BCUT2D eigenvalue weighted by Gasteiger charge is -2.23. The van der Waals surface area contributed by atoms with E-state index in [-0.39, 0.29) is 23.4 Å². The minimum absolute atomic E-state index is 0.224. The van der Waals surface area contributed by atoms with E-state index in [1.165, 1.54) is 0 Å². The second-order valence-corrected chi connectivity index (χ2v) is 8.37. The number of allylic oxidation sites excluding steroid dienone is 1. The van der Waals surface area contributed by atoms with E-state index in [4.69, 9.17) is 18.9 Å². The third-order valence-electron chi connectivity index (χ3n) is 5.73. The molecule has 0 atom stereocenters. The van der Waals surface area contributed by atoms with E-state index in [0.29, 0.717) is 37.1 Å². The number of para-hydroxylation sites is 1. The zero-order valence-corrected chi connectivity index (χ0v) is 20.8. The average molecular weight is 468 g/mol. The third-order valence-corrected chi connectivity index (χ3v) is 5.73. The summed E-state index contributed by atoms with van der Waals surface area (Å²) in [5.41, 5.74) is 2.95. The smallest absolute Gasteiger partial charge is 0.338 e. The Kier molecular flexibility index (Phi) is 7.87. The molecule has 0 N–H and O–H groups in total. The van der Waals surface area contributed by atoms with E-state index in [1.807, 2.05) is 50.9 Å². The first kappa shape index (κ1) is 25.1. The Morgan fingerprint density at radius 2 is 1.53 bits per heavy atom. The maximum absolute atomic E-state index is 12.8. The fourth-order valence-electron chi connectivity index (χ4n) is 4.18. The first-order chi connectivity index (χ1) is 16.2. The summed E-state index contributed by atoms with van der Waals surface area (Å²) in [5, 5.41) is 0. The number of fused-ring (bicyclic) bond motifs is 1. The molecule has 1 aliphatic rings. The summed E-state index contributed by atoms with van der Waals surface area (Å²) in [6.07, 6.45) is 1.56. The van der Waals surface area contributed by atoms with Crippen LogP contribution in [0.5, 0.6) is 17.2 Å². The monoisotopic (exact) mass is 467 g/mol. The van der Waals surface area contributed by atoms with E-state index in [2.05, 4.69) is 19.9 Å². The van der Waals surface area contributed by atoms with Crippen LogP contribution in [0.1, 0.15) is 50.5 Å². The number of hydrogen-bond acceptors (Lipinski definition) is 7. The van der Waals surface area contributed by atoms with Crippen LogP contribution in [-0.4, -0.2) is 45.2 Å². The number of hydrogen-bond donors (Lipinski definition) is 0. The normalized spacial score (nSPS) is 15.1. The standard InChI is InChI=1S/C27H33NO6/c1-7-31-22-14-18(15-23(32-8-2)25(22)33-9-3)26(30)34-17-19(29)16-24-27(4,5)20-12-10-11-13-21(20)28(24)6/h10-16H,7-9,17H2,1-6H3/b24-16+. The van der Waals surface area contributed by atoms with Gasteiger partial charge >= 0.3 is 5.97 Å². The van der Waals surface area contributed by atoms with Crippen LogP contribution >= 0.6 is 0 Å². The molecule has 0 spiro atoms. The van der Waals surface area contributed by atoms with Gasteiger partial charge in [0, 0.05) is 29.9 Å². The molecule has 0 saturated carbocycles. The van der Waals surface area contributed by atoms with Gasteiger partial charge in [-0.25, -0.2) is 4.79 Å². The second-order valence-electron chi connectivity index (χ2n) is 8.37. The Bertz CT molecular complexity index is 1060. The summed E-state index contributed by atoms with van der Waals surface area (Å²) in [5.74, 6) is 0.288. The number of anilines is 1. The molecule has 0 radical (unpaired) electrons. The second kappa shape index (κ2) is 10.6. The molecule has 0 aromatic heterocycles. The highest BCUT2D eigenvalue weighted by Gasteiger charge is 2.38. The van der Waals surface area contributed by atoms with Gasteiger partial charge in [-0.1, -0.05) is 32.0 Å². The van der Waals surface area contributed by atoms with Gasteiger partial charge in [-0.15, -0.1) is 0 Å². The molecule has 0 fully saturated rings. The fourth-order valence-corrected chi connectivity index (χ4v) is 4.18. The van der Waals surface area contributed by atoms with E-state index >= 15 is 0 Å². The van der Waals surface area contributed by atoms with Crippen LogP contribution in [0.3, 0.4) is 0 Å². The number of carbonyl (C=O) groups is 2. The van der Waals surface area contributed by atoms with E-state index in [1.54, 1.807) is 18.2 Å². The summed E-state index contributed by atoms with van der Waals surface area (Å²) >= 11 is 0. The van der Waals surface area contributed by atoms with Gasteiger partial charge in [0.05, 0.1) is 25.4 Å². The van der Waals surface area contributed by atoms with Crippen molar-refractivity contribution in [1.29, 1.82) is 0 Å². The summed E-state index contributed by atoms with van der Waals surface area (Å²) in [4.78, 5) is 27.5. The van der Waals surface area contributed by atoms with Crippen molar-refractivity contribution >= 4 is 17.4 Å². The maximum atomic E-state index is 12.8. The lowest BCUT2D eigenvalue weighted by Crippen LogP contribution is -2.25. The number of benzene rings is 2. The van der Waals surface area contributed by atoms with E-state index < -0.39 is 5.97 Å². The molecule has 2 aromatic rings. The van der Waals surface area contributed by atoms with Crippen molar-refractivity contribution in [3.05, 3.63) is 59.3 Å². The van der Waals surface area contributed by atoms with Crippen LogP contribution in [0, 0.1) is 0 Å². The molecule has 182 valence electrons. The van der Waals surface area contributed by atoms with Gasteiger partial charge < -0.3 is 23.8 Å². The van der Waals surface area contributed by atoms with Crippen molar-refractivity contribution in [3.8, 4) is 17.2 Å². The van der Waals surface area contributed by atoms with Crippen molar-refractivity contribution < 1.29 is 28.5 Å². The minimum atomic E-state index is -0.640. The number of rotatable bonds is 10. The van der Waals surface area contributed by atoms with Crippen LogP contribution in [0.25, 0.3) is 0 Å². The predicted molar refractivity (Wildman–Crippen MR) is 131 cm³/mol. The highest BCUT2D eigenvalue weighted by atomic mass is 16.5. The quantitative estimate of drug-likeness (QED) is 0.363. The number of likely N-dealkylation sites (N-methyl/N-ethyl adjacent to an activating group) is 1. The summed E-state index contributed by atoms with van der Waals surface area (Å²) in [6, 6.07) is 11.2. The van der Waals surface area contributed by atoms with Crippen LogP contribution in [-0.2, 0) is 14.9 Å². The van der Waals surface area contributed by atoms with Crippen LogP contribution < -0.4 is 19.1 Å². The topological polar surface area (TPSA) is 74.3 Å². The molecule has 0 unspecified atom stereocenters. The Labute approximate surface area is 201 Å². The molecule has 2 aromatic carbocycles. The van der Waals surface area contributed by atoms with Crippen molar-refractivity contribution in [2.45, 2.75) is 40.0 Å². The number of ketones is 1. The predicted octanol–water partition coefficient (Wildman–Crippen LogP) is 4.92. The van der Waals surface area contributed by atoms with Crippen LogP contribution in [0.2, 0.25) is 0 Å². The van der Waals surface area contributed by atoms with Crippen LogP contribution in [0.4, 0.5) is 5.69 Å². The SMILES string of the molecule is CCOc1cc(C(=O)OCC(=O)/C=C2/N(C)c3ccccc3C2(C)C)cc(OCC)c1OCC. The summed E-state index contributed by atoms with van der Waals surface area (Å²) in [7, 11) is 1.93. The van der Waals surface area contributed by atoms with Gasteiger partial charge in [0.25, 0.3) is 0 Å². The van der Waals surface area contributed by atoms with E-state index in [0.717, 1.165) is 16.9 Å². The van der Waals surface area contributed by atoms with Gasteiger partial charge in [-0.2, -0.15) is 0 Å². The zero-order chi connectivity index (χ0) is 24.9. The average Bonchev–Trinajstić information content (AvgIpc) is 3.00. The molecular formula is C27H33NO6. The van der Waals surface area contributed by atoms with Crippen LogP contribution in [0.15, 0.2) is 48.2 Å². The summed E-state index contributed by atoms with van der Waals surface area (Å²) in [6.45, 7) is 10.5. The lowest BCUT2D eigenvalue weighted by molar-refractivity contribution is -0.117. The highest BCUT2D eigenvalue weighted by Crippen LogP contribution is 2.46. The molecule has 3 rings (SSSR count). The van der Waals surface area contributed by atoms with Gasteiger partial charge in [-0.3, -0.25) is 4.79 Å². The Balaban J connectivity index is 1.77. The van der Waals surface area contributed by atoms with Crippen molar-refractivity contribution in [2.75, 3.05) is 38.4 Å². The molecule has 0 bridgehead atoms. The first-order valence-electron chi connectivity index (χ1n) is 11.6. The lowest BCUT2D eigenvalue weighted by atomic mass is 9.83. The Morgan fingerprint density at radius 3 is 2.09 bits per heavy atom. The zero-order valence-electron chi connectivity index (χ0n) is 20.8. The first-order valence-corrected chi connectivity index (χ1v) is 11.6. The molecule has 34 heavy (non-hydrogen) atoms. The number of nitrogens with zero attached hydrogens (tertiary/aromatic N) is 1. The largest absolute Gasteiger partial charge is 0.490 e. The molecule has 0 saturated heterocycles. The number of ether oxygens (including phenoxy) is 4. The van der Waals surface area contributed by atoms with Crippen molar-refractivity contribution in [2.24, 2.45) is 0 Å². The Hall–Kier alpha value is -3.48. The minimum Gasteiger partial charge on any atom is -0.490 e. The molecular weight excluding hydrogens is 434 g/mol. The van der Waals surface area contributed by atoms with Crippen molar-refractivity contribution in [1.82, 2.24) is 0 Å². The van der Waals surface area contributed by atoms with Gasteiger partial charge in [0.2, 0.25) is 5.75 Å². The van der Waals surface area contributed by atoms with Gasteiger partial charge in [0.1, 0.15) is 0 Å². The molecule has 7 heteroatoms. The molecule has 0 aliphatic carbocycles. The highest BCUT2D eigenvalue weighted by molar-refractivity contribution is 5.97. The van der Waals surface area contributed by atoms with Crippen molar-refractivity contribution in [3.63, 3.8) is 0 Å². The van der Waals surface area contributed by atoms with Gasteiger partial charge in [-0.05, 0) is 44.5 Å². The molecule has 1 heterocycles. The third kappa shape index (κ3) is 5.03. The maximum Gasteiger partial charge on any atom is 0.338 e. The van der Waals surface area contributed by atoms with E-state index in [9.17, 15) is 9.59 Å². The molecule has 1 aliphatic heterocycles. The molecule has 7 nitrogen and oxygen atoms in total. The fraction of sp³-hybridized carbons (Fsp3) is 0.407. The van der Waals surface area contributed by atoms with Gasteiger partial charge in [0.15, 0.2) is 23.9 Å². The molecule has 0 amide bonds. The Morgan fingerprint density at radius 1 is 0.941 bits per heavy atom. The number of esters is 1. The summed E-state index contributed by atoms with van der Waals surface area (Å²) < 4.78 is 22.3.